The molecular formula is C12H19NO2S. The van der Waals surface area contributed by atoms with E-state index in [9.17, 15) is 0 Å². The van der Waals surface area contributed by atoms with Gasteiger partial charge in [-0.15, -0.1) is 11.3 Å². The van der Waals surface area contributed by atoms with Crippen LogP contribution in [0.3, 0.4) is 0 Å². The Kier molecular flexibility index (Phi) is 4.78. The van der Waals surface area contributed by atoms with E-state index < -0.39 is 0 Å². The molecule has 1 aliphatic heterocycles. The van der Waals surface area contributed by atoms with Crippen molar-refractivity contribution >= 4 is 11.3 Å². The molecule has 1 aromatic rings. The minimum atomic E-state index is 0.225. The van der Waals surface area contributed by atoms with Crippen LogP contribution in [-0.4, -0.2) is 31.0 Å². The highest BCUT2D eigenvalue weighted by Gasteiger charge is 2.19. The minimum Gasteiger partial charge on any atom is -0.396 e. The number of rotatable bonds is 5. The van der Waals surface area contributed by atoms with Crippen molar-refractivity contribution in [2.24, 2.45) is 0 Å². The molecular weight excluding hydrogens is 222 g/mol. The summed E-state index contributed by atoms with van der Waals surface area (Å²) in [6.07, 6.45) is 3.08. The maximum atomic E-state index is 9.10. The van der Waals surface area contributed by atoms with Gasteiger partial charge in [0, 0.05) is 30.2 Å². The van der Waals surface area contributed by atoms with Crippen LogP contribution in [-0.2, 0) is 4.74 Å². The average Bonchev–Trinajstić information content (AvgIpc) is 2.83. The molecule has 0 amide bonds. The lowest BCUT2D eigenvalue weighted by molar-refractivity contribution is 0.0650. The molecule has 2 atom stereocenters. The summed E-state index contributed by atoms with van der Waals surface area (Å²) in [7, 11) is 0. The Labute approximate surface area is 100 Å². The maximum Gasteiger partial charge on any atom is 0.0619 e. The third-order valence-electron chi connectivity index (χ3n) is 2.90. The van der Waals surface area contributed by atoms with Crippen LogP contribution >= 0.6 is 11.3 Å². The second-order valence-electron chi connectivity index (χ2n) is 4.16. The van der Waals surface area contributed by atoms with E-state index in [-0.39, 0.29) is 12.6 Å². The van der Waals surface area contributed by atoms with Gasteiger partial charge in [-0.25, -0.2) is 0 Å². The largest absolute Gasteiger partial charge is 0.396 e. The van der Waals surface area contributed by atoms with Gasteiger partial charge < -0.3 is 15.2 Å². The summed E-state index contributed by atoms with van der Waals surface area (Å²) in [4.78, 5) is 1.31. The van der Waals surface area contributed by atoms with Crippen molar-refractivity contribution in [2.45, 2.75) is 31.3 Å². The molecule has 4 heteroatoms. The third-order valence-corrected chi connectivity index (χ3v) is 3.89. The van der Waals surface area contributed by atoms with Gasteiger partial charge in [-0.05, 0) is 30.7 Å². The van der Waals surface area contributed by atoms with E-state index >= 15 is 0 Å². The second kappa shape index (κ2) is 6.35. The van der Waals surface area contributed by atoms with E-state index in [0.717, 1.165) is 26.1 Å². The summed E-state index contributed by atoms with van der Waals surface area (Å²) in [5.41, 5.74) is 0. The molecule has 2 heterocycles. The molecule has 2 rings (SSSR count). The molecule has 0 spiro atoms. The highest BCUT2D eigenvalue weighted by Crippen LogP contribution is 2.23. The molecule has 3 nitrogen and oxygen atoms in total. The smallest absolute Gasteiger partial charge is 0.0619 e. The van der Waals surface area contributed by atoms with Gasteiger partial charge in [-0.1, -0.05) is 6.07 Å². The van der Waals surface area contributed by atoms with Crippen molar-refractivity contribution in [1.82, 2.24) is 5.32 Å². The summed E-state index contributed by atoms with van der Waals surface area (Å²) in [5, 5.41) is 14.8. The van der Waals surface area contributed by atoms with E-state index in [0.29, 0.717) is 6.04 Å². The number of aliphatic hydroxyl groups excluding tert-OH is 1. The Balaban J connectivity index is 1.91. The molecule has 1 saturated heterocycles. The van der Waals surface area contributed by atoms with Gasteiger partial charge in [0.1, 0.15) is 0 Å². The molecule has 0 radical (unpaired) electrons. The number of hydrogen-bond donors (Lipinski definition) is 2. The van der Waals surface area contributed by atoms with Crippen molar-refractivity contribution in [1.29, 1.82) is 0 Å². The van der Waals surface area contributed by atoms with Crippen molar-refractivity contribution in [3.05, 3.63) is 22.4 Å². The molecule has 2 N–H and O–H groups in total. The molecule has 1 aromatic heterocycles. The first-order chi connectivity index (χ1) is 7.90. The zero-order chi connectivity index (χ0) is 11.2. The molecule has 0 aromatic carbocycles. The fraction of sp³-hybridized carbons (Fsp3) is 0.667. The zero-order valence-electron chi connectivity index (χ0n) is 9.39. The van der Waals surface area contributed by atoms with Gasteiger partial charge in [-0.3, -0.25) is 0 Å². The van der Waals surface area contributed by atoms with Gasteiger partial charge in [0.05, 0.1) is 6.61 Å². The van der Waals surface area contributed by atoms with Crippen LogP contribution in [0, 0.1) is 0 Å². The number of thiophene rings is 1. The van der Waals surface area contributed by atoms with Crippen LogP contribution in [0.1, 0.15) is 30.2 Å². The molecule has 0 bridgehead atoms. The monoisotopic (exact) mass is 241 g/mol. The van der Waals surface area contributed by atoms with Crippen molar-refractivity contribution in [3.63, 3.8) is 0 Å². The summed E-state index contributed by atoms with van der Waals surface area (Å²) in [6.45, 7) is 1.91. The lowest BCUT2D eigenvalue weighted by Gasteiger charge is -2.27. The van der Waals surface area contributed by atoms with Crippen molar-refractivity contribution in [3.8, 4) is 0 Å². The summed E-state index contributed by atoms with van der Waals surface area (Å²) < 4.78 is 5.46. The Hall–Kier alpha value is -0.420. The molecule has 16 heavy (non-hydrogen) atoms. The topological polar surface area (TPSA) is 41.5 Å². The first-order valence-electron chi connectivity index (χ1n) is 5.88. The minimum absolute atomic E-state index is 0.225. The predicted octanol–water partition coefficient (Wildman–Crippen LogP) is 1.94. The number of hydrogen-bond acceptors (Lipinski definition) is 4. The van der Waals surface area contributed by atoms with Crippen LogP contribution < -0.4 is 5.32 Å². The van der Waals surface area contributed by atoms with Gasteiger partial charge >= 0.3 is 0 Å². The number of aliphatic hydroxyl groups is 1. The Morgan fingerprint density at radius 3 is 3.19 bits per heavy atom. The lowest BCUT2D eigenvalue weighted by atomic mass is 10.1. The second-order valence-corrected chi connectivity index (χ2v) is 5.14. The average molecular weight is 241 g/mol. The summed E-state index contributed by atoms with van der Waals surface area (Å²) >= 11 is 1.75. The molecule has 90 valence electrons. The highest BCUT2D eigenvalue weighted by molar-refractivity contribution is 7.10. The quantitative estimate of drug-likeness (QED) is 0.828. The molecule has 1 aliphatic rings. The van der Waals surface area contributed by atoms with E-state index in [4.69, 9.17) is 9.84 Å². The standard InChI is InChI=1S/C12H19NO2S/c14-6-5-11(12-4-2-8-16-12)13-10-3-1-7-15-9-10/h2,4,8,10-11,13-14H,1,3,5-7,9H2. The fourth-order valence-corrected chi connectivity index (χ4v) is 2.90. The maximum absolute atomic E-state index is 9.10. The van der Waals surface area contributed by atoms with E-state index in [1.54, 1.807) is 11.3 Å². The van der Waals surface area contributed by atoms with Gasteiger partial charge in [-0.2, -0.15) is 0 Å². The van der Waals surface area contributed by atoms with E-state index in [1.165, 1.54) is 11.3 Å². The Morgan fingerprint density at radius 2 is 2.56 bits per heavy atom. The van der Waals surface area contributed by atoms with Crippen LogP contribution in [0.15, 0.2) is 17.5 Å². The van der Waals surface area contributed by atoms with Crippen LogP contribution in [0.4, 0.5) is 0 Å². The fourth-order valence-electron chi connectivity index (χ4n) is 2.08. The van der Waals surface area contributed by atoms with Gasteiger partial charge in [0.25, 0.3) is 0 Å². The first kappa shape index (κ1) is 12.0. The molecule has 1 fully saturated rings. The van der Waals surface area contributed by atoms with E-state index in [2.05, 4.69) is 22.8 Å². The Morgan fingerprint density at radius 1 is 1.62 bits per heavy atom. The third kappa shape index (κ3) is 3.28. The molecule has 0 saturated carbocycles. The van der Waals surface area contributed by atoms with Crippen molar-refractivity contribution < 1.29 is 9.84 Å². The normalized spacial score (nSPS) is 23.2. The first-order valence-corrected chi connectivity index (χ1v) is 6.76. The molecule has 0 aliphatic carbocycles. The van der Waals surface area contributed by atoms with Crippen LogP contribution in [0.25, 0.3) is 0 Å². The number of ether oxygens (including phenoxy) is 1. The zero-order valence-corrected chi connectivity index (χ0v) is 10.2. The predicted molar refractivity (Wildman–Crippen MR) is 65.7 cm³/mol. The molecule has 2 unspecified atom stereocenters. The van der Waals surface area contributed by atoms with Crippen molar-refractivity contribution in [2.75, 3.05) is 19.8 Å². The van der Waals surface area contributed by atoms with Crippen LogP contribution in [0.5, 0.6) is 0 Å². The van der Waals surface area contributed by atoms with Crippen LogP contribution in [0.2, 0.25) is 0 Å². The van der Waals surface area contributed by atoms with Gasteiger partial charge in [0.2, 0.25) is 0 Å². The van der Waals surface area contributed by atoms with E-state index in [1.807, 2.05) is 0 Å². The SMILES string of the molecule is OCCC(NC1CCCOC1)c1cccs1. The van der Waals surface area contributed by atoms with Gasteiger partial charge in [0.15, 0.2) is 0 Å². The lowest BCUT2D eigenvalue weighted by Crippen LogP contribution is -2.39. The highest BCUT2D eigenvalue weighted by atomic mass is 32.1. The summed E-state index contributed by atoms with van der Waals surface area (Å²) in [5.74, 6) is 0. The Bertz CT molecular complexity index is 283. The summed E-state index contributed by atoms with van der Waals surface area (Å²) in [6, 6.07) is 4.90. The number of nitrogens with one attached hydrogen (secondary N) is 1.